The van der Waals surface area contributed by atoms with Crippen molar-refractivity contribution < 1.29 is 13.2 Å². The molecule has 1 rings (SSSR count). The van der Waals surface area contributed by atoms with Gasteiger partial charge in [0.25, 0.3) is 0 Å². The summed E-state index contributed by atoms with van der Waals surface area (Å²) in [6, 6.07) is 0.878. The number of aromatic nitrogens is 1. The Balaban J connectivity index is 2.76. The summed E-state index contributed by atoms with van der Waals surface area (Å²) in [6.45, 7) is 2.66. The summed E-state index contributed by atoms with van der Waals surface area (Å²) in [4.78, 5) is 3.65. The molecular formula is C10H12ClF3N2. The third-order valence-corrected chi connectivity index (χ3v) is 2.28. The van der Waals surface area contributed by atoms with Crippen LogP contribution >= 0.6 is 11.6 Å². The molecular weight excluding hydrogens is 241 g/mol. The zero-order chi connectivity index (χ0) is 12.2. The van der Waals surface area contributed by atoms with Crippen LogP contribution in [0, 0.1) is 0 Å². The summed E-state index contributed by atoms with van der Waals surface area (Å²) in [5, 5.41) is 2.87. The molecule has 2 nitrogen and oxygen atoms in total. The molecule has 0 aliphatic heterocycles. The van der Waals surface area contributed by atoms with Gasteiger partial charge in [-0.1, -0.05) is 24.9 Å². The average molecular weight is 253 g/mol. The number of rotatable bonds is 4. The van der Waals surface area contributed by atoms with Gasteiger partial charge in [-0.15, -0.1) is 0 Å². The van der Waals surface area contributed by atoms with Crippen LogP contribution in [-0.2, 0) is 6.18 Å². The van der Waals surface area contributed by atoms with Gasteiger partial charge in [0.1, 0.15) is 5.82 Å². The molecule has 0 fully saturated rings. The molecule has 1 heterocycles. The van der Waals surface area contributed by atoms with Crippen molar-refractivity contribution in [3.05, 3.63) is 22.8 Å². The van der Waals surface area contributed by atoms with Crippen molar-refractivity contribution >= 4 is 17.4 Å². The Hall–Kier alpha value is -0.970. The van der Waals surface area contributed by atoms with Gasteiger partial charge in [-0.25, -0.2) is 4.98 Å². The minimum Gasteiger partial charge on any atom is -0.369 e. The molecule has 1 aromatic rings. The molecule has 16 heavy (non-hydrogen) atoms. The lowest BCUT2D eigenvalue weighted by atomic mass is 10.2. The highest BCUT2D eigenvalue weighted by molar-refractivity contribution is 6.32. The van der Waals surface area contributed by atoms with Crippen LogP contribution in [0.1, 0.15) is 25.3 Å². The maximum atomic E-state index is 12.3. The maximum Gasteiger partial charge on any atom is 0.417 e. The van der Waals surface area contributed by atoms with E-state index in [1.54, 1.807) is 0 Å². The number of unbranched alkanes of at least 4 members (excludes halogenated alkanes) is 1. The van der Waals surface area contributed by atoms with Crippen LogP contribution in [-0.4, -0.2) is 11.5 Å². The predicted molar refractivity (Wildman–Crippen MR) is 57.6 cm³/mol. The Morgan fingerprint density at radius 1 is 1.44 bits per heavy atom. The van der Waals surface area contributed by atoms with Gasteiger partial charge in [0.2, 0.25) is 0 Å². The molecule has 0 aromatic carbocycles. The predicted octanol–water partition coefficient (Wildman–Crippen LogP) is 3.97. The molecule has 0 aliphatic rings. The zero-order valence-corrected chi connectivity index (χ0v) is 9.49. The summed E-state index contributed by atoms with van der Waals surface area (Å²) >= 11 is 5.69. The standard InChI is InChI=1S/C10H12ClF3N2/c1-2-3-4-15-9-8(11)5-7(6-16-9)10(12,13)14/h5-6H,2-4H2,1H3,(H,15,16). The first-order valence-electron chi connectivity index (χ1n) is 4.91. The molecule has 0 saturated carbocycles. The highest BCUT2D eigenvalue weighted by Crippen LogP contribution is 2.32. The van der Waals surface area contributed by atoms with E-state index in [9.17, 15) is 13.2 Å². The van der Waals surface area contributed by atoms with Crippen LogP contribution < -0.4 is 5.32 Å². The first-order chi connectivity index (χ1) is 7.45. The number of halogens is 4. The minimum atomic E-state index is -4.40. The Morgan fingerprint density at radius 3 is 2.62 bits per heavy atom. The number of hydrogen-bond acceptors (Lipinski definition) is 2. The van der Waals surface area contributed by atoms with Crippen molar-refractivity contribution in [2.45, 2.75) is 25.9 Å². The topological polar surface area (TPSA) is 24.9 Å². The molecule has 0 saturated heterocycles. The van der Waals surface area contributed by atoms with E-state index in [1.165, 1.54) is 0 Å². The molecule has 0 amide bonds. The lowest BCUT2D eigenvalue weighted by Gasteiger charge is -2.10. The summed E-state index contributed by atoms with van der Waals surface area (Å²) in [5.74, 6) is 0.295. The van der Waals surface area contributed by atoms with E-state index in [4.69, 9.17) is 11.6 Å². The van der Waals surface area contributed by atoms with Gasteiger partial charge in [-0.3, -0.25) is 0 Å². The molecule has 90 valence electrons. The monoisotopic (exact) mass is 252 g/mol. The number of anilines is 1. The number of pyridine rings is 1. The molecule has 0 bridgehead atoms. The number of nitrogens with zero attached hydrogens (tertiary/aromatic N) is 1. The quantitative estimate of drug-likeness (QED) is 0.821. The fourth-order valence-corrected chi connectivity index (χ4v) is 1.34. The third-order valence-electron chi connectivity index (χ3n) is 1.99. The van der Waals surface area contributed by atoms with E-state index in [0.717, 1.165) is 25.1 Å². The molecule has 1 aromatic heterocycles. The van der Waals surface area contributed by atoms with Gasteiger partial charge >= 0.3 is 6.18 Å². The average Bonchev–Trinajstić information content (AvgIpc) is 2.19. The number of hydrogen-bond donors (Lipinski definition) is 1. The summed E-state index contributed by atoms with van der Waals surface area (Å²) in [5.41, 5.74) is -0.835. The first-order valence-corrected chi connectivity index (χ1v) is 5.29. The summed E-state index contributed by atoms with van der Waals surface area (Å²) in [7, 11) is 0. The van der Waals surface area contributed by atoms with Crippen LogP contribution in [0.5, 0.6) is 0 Å². The van der Waals surface area contributed by atoms with E-state index >= 15 is 0 Å². The molecule has 0 aliphatic carbocycles. The molecule has 1 N–H and O–H groups in total. The summed E-state index contributed by atoms with van der Waals surface area (Å²) in [6.07, 6.45) is -1.72. The molecule has 6 heteroatoms. The highest BCUT2D eigenvalue weighted by Gasteiger charge is 2.31. The van der Waals surface area contributed by atoms with Crippen LogP contribution in [0.3, 0.4) is 0 Å². The second-order valence-corrected chi connectivity index (χ2v) is 3.74. The fraction of sp³-hybridized carbons (Fsp3) is 0.500. The third kappa shape index (κ3) is 3.56. The maximum absolute atomic E-state index is 12.3. The first kappa shape index (κ1) is 13.1. The SMILES string of the molecule is CCCCNc1ncc(C(F)(F)F)cc1Cl. The number of nitrogens with one attached hydrogen (secondary N) is 1. The van der Waals surface area contributed by atoms with Gasteiger partial charge in [0.05, 0.1) is 10.6 Å². The van der Waals surface area contributed by atoms with E-state index in [2.05, 4.69) is 10.3 Å². The highest BCUT2D eigenvalue weighted by atomic mass is 35.5. The van der Waals surface area contributed by atoms with Crippen molar-refractivity contribution in [1.82, 2.24) is 4.98 Å². The molecule has 0 atom stereocenters. The zero-order valence-electron chi connectivity index (χ0n) is 8.74. The Morgan fingerprint density at radius 2 is 2.12 bits per heavy atom. The lowest BCUT2D eigenvalue weighted by Crippen LogP contribution is -2.08. The van der Waals surface area contributed by atoms with Crippen molar-refractivity contribution in [2.24, 2.45) is 0 Å². The molecule has 0 radical (unpaired) electrons. The van der Waals surface area contributed by atoms with Crippen molar-refractivity contribution in [3.8, 4) is 0 Å². The second-order valence-electron chi connectivity index (χ2n) is 3.33. The Kier molecular flexibility index (Phi) is 4.41. The van der Waals surface area contributed by atoms with Crippen LogP contribution in [0.25, 0.3) is 0 Å². The van der Waals surface area contributed by atoms with Crippen molar-refractivity contribution in [3.63, 3.8) is 0 Å². The molecule has 0 spiro atoms. The normalized spacial score (nSPS) is 11.6. The smallest absolute Gasteiger partial charge is 0.369 e. The lowest BCUT2D eigenvalue weighted by molar-refractivity contribution is -0.137. The molecule has 0 unspecified atom stereocenters. The van der Waals surface area contributed by atoms with E-state index in [0.29, 0.717) is 12.4 Å². The van der Waals surface area contributed by atoms with Gasteiger partial charge in [-0.2, -0.15) is 13.2 Å². The van der Waals surface area contributed by atoms with E-state index < -0.39 is 11.7 Å². The summed E-state index contributed by atoms with van der Waals surface area (Å²) < 4.78 is 36.9. The van der Waals surface area contributed by atoms with E-state index in [1.807, 2.05) is 6.92 Å². The van der Waals surface area contributed by atoms with E-state index in [-0.39, 0.29) is 5.02 Å². The minimum absolute atomic E-state index is 0.00840. The fourth-order valence-electron chi connectivity index (χ4n) is 1.11. The number of alkyl halides is 3. The largest absolute Gasteiger partial charge is 0.417 e. The van der Waals surface area contributed by atoms with Gasteiger partial charge in [0.15, 0.2) is 0 Å². The van der Waals surface area contributed by atoms with Crippen molar-refractivity contribution in [2.75, 3.05) is 11.9 Å². The van der Waals surface area contributed by atoms with Gasteiger partial charge in [0, 0.05) is 12.7 Å². The van der Waals surface area contributed by atoms with Crippen LogP contribution in [0.2, 0.25) is 5.02 Å². The van der Waals surface area contributed by atoms with Gasteiger partial charge in [-0.05, 0) is 12.5 Å². The van der Waals surface area contributed by atoms with Crippen molar-refractivity contribution in [1.29, 1.82) is 0 Å². The van der Waals surface area contributed by atoms with Gasteiger partial charge < -0.3 is 5.32 Å². The van der Waals surface area contributed by atoms with Crippen LogP contribution in [0.4, 0.5) is 19.0 Å². The second kappa shape index (κ2) is 5.39. The van der Waals surface area contributed by atoms with Crippen LogP contribution in [0.15, 0.2) is 12.3 Å². The Labute approximate surface area is 96.8 Å². The Bertz CT molecular complexity index is 352.